The normalized spacial score (nSPS) is 10.6. The van der Waals surface area contributed by atoms with Gasteiger partial charge >= 0.3 is 5.69 Å². The van der Waals surface area contributed by atoms with Gasteiger partial charge in [0.05, 0.1) is 30.9 Å². The molecule has 124 valence electrons. The fourth-order valence-corrected chi connectivity index (χ4v) is 2.50. The van der Waals surface area contributed by atoms with Crippen LogP contribution in [0, 0.1) is 0 Å². The first-order valence-corrected chi connectivity index (χ1v) is 7.32. The van der Waals surface area contributed by atoms with Crippen LogP contribution in [0.1, 0.15) is 0 Å². The standard InChI is InChI=1S/C17H17N3O4/c1-23-11-7-8-13(15(9-11)24-2)18-16(21)10-20-14-6-4-3-5-12(14)19-17(20)22/h3-9H,10H2,1-2H3,(H,18,21)(H,19,22). The maximum Gasteiger partial charge on any atom is 0.326 e. The maximum absolute atomic E-state index is 12.3. The number of nitrogens with zero attached hydrogens (tertiary/aromatic N) is 1. The third-order valence-electron chi connectivity index (χ3n) is 3.67. The second-order valence-electron chi connectivity index (χ2n) is 5.15. The molecule has 2 aromatic carbocycles. The summed E-state index contributed by atoms with van der Waals surface area (Å²) in [6, 6.07) is 12.3. The van der Waals surface area contributed by atoms with E-state index in [1.54, 1.807) is 37.4 Å². The second kappa shape index (κ2) is 6.49. The van der Waals surface area contributed by atoms with E-state index in [1.807, 2.05) is 12.1 Å². The van der Waals surface area contributed by atoms with Crippen LogP contribution >= 0.6 is 0 Å². The van der Waals surface area contributed by atoms with Crippen LogP contribution < -0.4 is 20.5 Å². The van der Waals surface area contributed by atoms with Crippen molar-refractivity contribution in [1.29, 1.82) is 0 Å². The number of methoxy groups -OCH3 is 2. The summed E-state index contributed by atoms with van der Waals surface area (Å²) in [5.41, 5.74) is 1.56. The molecule has 1 amide bonds. The highest BCUT2D eigenvalue weighted by atomic mass is 16.5. The Morgan fingerprint density at radius 3 is 2.71 bits per heavy atom. The molecule has 0 aliphatic heterocycles. The summed E-state index contributed by atoms with van der Waals surface area (Å²) in [5.74, 6) is 0.775. The fraction of sp³-hybridized carbons (Fsp3) is 0.176. The third-order valence-corrected chi connectivity index (χ3v) is 3.67. The molecule has 0 saturated carbocycles. The zero-order valence-electron chi connectivity index (χ0n) is 13.3. The number of ether oxygens (including phenoxy) is 2. The minimum Gasteiger partial charge on any atom is -0.497 e. The van der Waals surface area contributed by atoms with Crippen molar-refractivity contribution in [3.8, 4) is 11.5 Å². The molecule has 3 rings (SSSR count). The van der Waals surface area contributed by atoms with Crippen molar-refractivity contribution in [1.82, 2.24) is 9.55 Å². The first-order chi connectivity index (χ1) is 11.6. The number of hydrogen-bond donors (Lipinski definition) is 2. The van der Waals surface area contributed by atoms with E-state index in [1.165, 1.54) is 11.7 Å². The van der Waals surface area contributed by atoms with Crippen LogP contribution in [0.3, 0.4) is 0 Å². The Labute approximate surface area is 137 Å². The van der Waals surface area contributed by atoms with Gasteiger partial charge in [-0.2, -0.15) is 0 Å². The number of nitrogens with one attached hydrogen (secondary N) is 2. The quantitative estimate of drug-likeness (QED) is 0.750. The Bertz CT molecular complexity index is 942. The van der Waals surface area contributed by atoms with Crippen LogP contribution in [-0.2, 0) is 11.3 Å². The largest absolute Gasteiger partial charge is 0.497 e. The third kappa shape index (κ3) is 2.96. The number of anilines is 1. The van der Waals surface area contributed by atoms with Gasteiger partial charge in [-0.05, 0) is 24.3 Å². The number of rotatable bonds is 5. The number of para-hydroxylation sites is 2. The Morgan fingerprint density at radius 2 is 1.96 bits per heavy atom. The van der Waals surface area contributed by atoms with Gasteiger partial charge in [0, 0.05) is 6.07 Å². The van der Waals surface area contributed by atoms with Crippen molar-refractivity contribution in [2.75, 3.05) is 19.5 Å². The summed E-state index contributed by atoms with van der Waals surface area (Å²) in [5, 5.41) is 2.75. The number of fused-ring (bicyclic) bond motifs is 1. The zero-order valence-corrected chi connectivity index (χ0v) is 13.3. The molecule has 3 aromatic rings. The van der Waals surface area contributed by atoms with Gasteiger partial charge in [-0.1, -0.05) is 12.1 Å². The van der Waals surface area contributed by atoms with Gasteiger partial charge in [-0.25, -0.2) is 4.79 Å². The highest BCUT2D eigenvalue weighted by molar-refractivity contribution is 5.93. The summed E-state index contributed by atoms with van der Waals surface area (Å²) in [7, 11) is 3.06. The molecular weight excluding hydrogens is 310 g/mol. The number of aromatic nitrogens is 2. The number of carbonyl (C=O) groups excluding carboxylic acids is 1. The topological polar surface area (TPSA) is 85.4 Å². The van der Waals surface area contributed by atoms with E-state index >= 15 is 0 Å². The average Bonchev–Trinajstić information content (AvgIpc) is 2.91. The molecule has 7 nitrogen and oxygen atoms in total. The SMILES string of the molecule is COc1ccc(NC(=O)Cn2c(=O)[nH]c3ccccc32)c(OC)c1. The van der Waals surface area contributed by atoms with Crippen molar-refractivity contribution in [2.24, 2.45) is 0 Å². The Kier molecular flexibility index (Phi) is 4.24. The van der Waals surface area contributed by atoms with Crippen LogP contribution in [0.2, 0.25) is 0 Å². The van der Waals surface area contributed by atoms with Gasteiger partial charge in [-0.15, -0.1) is 0 Å². The van der Waals surface area contributed by atoms with Gasteiger partial charge in [0.2, 0.25) is 5.91 Å². The lowest BCUT2D eigenvalue weighted by Crippen LogP contribution is -2.26. The van der Waals surface area contributed by atoms with E-state index in [0.29, 0.717) is 28.2 Å². The lowest BCUT2D eigenvalue weighted by molar-refractivity contribution is -0.116. The lowest BCUT2D eigenvalue weighted by Gasteiger charge is -2.12. The summed E-state index contributed by atoms with van der Waals surface area (Å²) in [6.45, 7) is -0.0992. The Balaban J connectivity index is 1.83. The number of imidazole rings is 1. The summed E-state index contributed by atoms with van der Waals surface area (Å²) in [6.07, 6.45) is 0. The molecule has 0 fully saturated rings. The van der Waals surface area contributed by atoms with Crippen LogP contribution in [-0.4, -0.2) is 29.7 Å². The van der Waals surface area contributed by atoms with E-state index in [9.17, 15) is 9.59 Å². The molecule has 24 heavy (non-hydrogen) atoms. The predicted octanol–water partition coefficient (Wildman–Crippen LogP) is 1.99. The first kappa shape index (κ1) is 15.7. The van der Waals surface area contributed by atoms with Crippen molar-refractivity contribution in [2.45, 2.75) is 6.54 Å². The monoisotopic (exact) mass is 327 g/mol. The van der Waals surface area contributed by atoms with Crippen LogP contribution in [0.5, 0.6) is 11.5 Å². The summed E-state index contributed by atoms with van der Waals surface area (Å²) in [4.78, 5) is 27.1. The molecule has 2 N–H and O–H groups in total. The predicted molar refractivity (Wildman–Crippen MR) is 90.7 cm³/mol. The van der Waals surface area contributed by atoms with E-state index in [2.05, 4.69) is 10.3 Å². The van der Waals surface area contributed by atoms with E-state index in [4.69, 9.17) is 9.47 Å². The zero-order chi connectivity index (χ0) is 17.1. The minimum atomic E-state index is -0.328. The molecular formula is C17H17N3O4. The van der Waals surface area contributed by atoms with E-state index < -0.39 is 0 Å². The summed E-state index contributed by atoms with van der Waals surface area (Å²) >= 11 is 0. The van der Waals surface area contributed by atoms with Gasteiger partial charge < -0.3 is 19.8 Å². The molecule has 0 aliphatic carbocycles. The van der Waals surface area contributed by atoms with Crippen LogP contribution in [0.15, 0.2) is 47.3 Å². The number of carbonyl (C=O) groups is 1. The van der Waals surface area contributed by atoms with Crippen LogP contribution in [0.4, 0.5) is 5.69 Å². The smallest absolute Gasteiger partial charge is 0.326 e. The second-order valence-corrected chi connectivity index (χ2v) is 5.15. The minimum absolute atomic E-state index is 0.0992. The molecule has 0 saturated heterocycles. The molecule has 1 aromatic heterocycles. The van der Waals surface area contributed by atoms with Gasteiger partial charge in [0.1, 0.15) is 18.0 Å². The maximum atomic E-state index is 12.3. The molecule has 0 bridgehead atoms. The van der Waals surface area contributed by atoms with Crippen molar-refractivity contribution in [3.63, 3.8) is 0 Å². The van der Waals surface area contributed by atoms with Crippen molar-refractivity contribution < 1.29 is 14.3 Å². The van der Waals surface area contributed by atoms with Crippen LogP contribution in [0.25, 0.3) is 11.0 Å². The number of H-pyrrole nitrogens is 1. The molecule has 0 spiro atoms. The molecule has 7 heteroatoms. The molecule has 0 radical (unpaired) electrons. The Hall–Kier alpha value is -3.22. The van der Waals surface area contributed by atoms with Crippen molar-refractivity contribution >= 4 is 22.6 Å². The molecule has 0 atom stereocenters. The molecule has 0 aliphatic rings. The number of hydrogen-bond acceptors (Lipinski definition) is 4. The summed E-state index contributed by atoms with van der Waals surface area (Å²) < 4.78 is 11.8. The molecule has 1 heterocycles. The highest BCUT2D eigenvalue weighted by Crippen LogP contribution is 2.29. The van der Waals surface area contributed by atoms with Gasteiger partial charge in [0.15, 0.2) is 0 Å². The van der Waals surface area contributed by atoms with Gasteiger partial charge in [-0.3, -0.25) is 9.36 Å². The average molecular weight is 327 g/mol. The molecule has 0 unspecified atom stereocenters. The lowest BCUT2D eigenvalue weighted by atomic mass is 10.2. The Morgan fingerprint density at radius 1 is 1.17 bits per heavy atom. The fourth-order valence-electron chi connectivity index (χ4n) is 2.50. The number of benzene rings is 2. The number of aromatic amines is 1. The first-order valence-electron chi connectivity index (χ1n) is 7.32. The van der Waals surface area contributed by atoms with E-state index in [-0.39, 0.29) is 18.1 Å². The number of amides is 1. The van der Waals surface area contributed by atoms with E-state index in [0.717, 1.165) is 0 Å². The van der Waals surface area contributed by atoms with Gasteiger partial charge in [0.25, 0.3) is 0 Å². The van der Waals surface area contributed by atoms with Crippen molar-refractivity contribution in [3.05, 3.63) is 52.9 Å². The highest BCUT2D eigenvalue weighted by Gasteiger charge is 2.13.